The van der Waals surface area contributed by atoms with E-state index in [9.17, 15) is 0 Å². The van der Waals surface area contributed by atoms with Gasteiger partial charge in [0.15, 0.2) is 17.4 Å². The Balaban J connectivity index is 0. The molecule has 0 aromatic rings. The quantitative estimate of drug-likeness (QED) is 0.563. The van der Waals surface area contributed by atoms with Gasteiger partial charge in [0.1, 0.15) is 0 Å². The summed E-state index contributed by atoms with van der Waals surface area (Å²) in [7, 11) is 0. The van der Waals surface area contributed by atoms with Crippen LogP contribution in [0, 0.1) is 0 Å². The zero-order valence-corrected chi connectivity index (χ0v) is 5.61. The highest BCUT2D eigenvalue weighted by molar-refractivity contribution is 5.86. The van der Waals surface area contributed by atoms with Gasteiger partial charge in [0.05, 0.1) is 0 Å². The highest BCUT2D eigenvalue weighted by atomic mass is 35.5. The van der Waals surface area contributed by atoms with Gasteiger partial charge in [-0.3, -0.25) is 0 Å². The van der Waals surface area contributed by atoms with Crippen molar-refractivity contribution in [2.45, 2.75) is 0 Å². The van der Waals surface area contributed by atoms with E-state index in [4.69, 9.17) is 0 Å². The third-order valence-electron chi connectivity index (χ3n) is 0. The molecule has 1 nitrogen and oxygen atoms in total. The molecule has 6 heavy (non-hydrogen) atoms. The first kappa shape index (κ1) is 124. The molecule has 0 unspecified atom stereocenters. The third kappa shape index (κ3) is 44.8. The van der Waals surface area contributed by atoms with Crippen LogP contribution in [0.1, 0.15) is 0 Å². The van der Waals surface area contributed by atoms with Crippen molar-refractivity contribution in [2.75, 3.05) is 0 Å². The summed E-state index contributed by atoms with van der Waals surface area (Å²) in [6.07, 6.45) is 0. The van der Waals surface area contributed by atoms with E-state index < -0.39 is 0 Å². The van der Waals surface area contributed by atoms with Crippen molar-refractivity contribution in [3.05, 3.63) is 0 Å². The highest BCUT2D eigenvalue weighted by Crippen LogP contribution is 0.693. The largest absolute Gasteiger partial charge is 0.344 e. The summed E-state index contributed by atoms with van der Waals surface area (Å²) in [6, 6.07) is 0. The molecule has 0 spiro atoms. The van der Waals surface area contributed by atoms with Crippen molar-refractivity contribution in [1.82, 2.24) is 6.15 Å². The van der Waals surface area contributed by atoms with Crippen LogP contribution in [0.3, 0.4) is 0 Å². The molecule has 0 amide bonds. The minimum absolute atomic E-state index is 0. The van der Waals surface area contributed by atoms with Crippen LogP contribution in [0.5, 0.6) is 0 Å². The summed E-state index contributed by atoms with van der Waals surface area (Å²) < 4.78 is 0. The van der Waals surface area contributed by atoms with Gasteiger partial charge in [-0.25, -0.2) is 0 Å². The monoisotopic (exact) mass is 191 g/mol. The molecule has 3 N–H and O–H groups in total. The van der Waals surface area contributed by atoms with E-state index in [0.29, 0.717) is 0 Å². The molecular formula is H10AlCl4N. The maximum atomic E-state index is 0. The van der Waals surface area contributed by atoms with Gasteiger partial charge in [-0.05, 0) is 0 Å². The van der Waals surface area contributed by atoms with Crippen LogP contribution < -0.4 is 6.15 Å². The fourth-order valence-corrected chi connectivity index (χ4v) is 0. The molecule has 0 saturated carbocycles. The Morgan fingerprint density at radius 3 is 0.500 bits per heavy atom. The Hall–Kier alpha value is 1.65. The smallest absolute Gasteiger partial charge is 0.187 e. The fraction of sp³-hybridized carbons (Fsp3) is 0. The molecule has 0 aliphatic carbocycles. The first-order valence-electron chi connectivity index (χ1n) is 0. The highest BCUT2D eigenvalue weighted by Gasteiger charge is 0.187. The lowest BCUT2D eigenvalue weighted by atomic mass is 14.0. The lowest BCUT2D eigenvalue weighted by Crippen LogP contribution is -0.481. The maximum Gasteiger partial charge on any atom is 0.187 e. The number of rotatable bonds is 0. The summed E-state index contributed by atoms with van der Waals surface area (Å²) in [6.45, 7) is 0. The van der Waals surface area contributed by atoms with E-state index in [-0.39, 0.29) is 73.1 Å². The van der Waals surface area contributed by atoms with Crippen molar-refractivity contribution in [3.8, 4) is 0 Å². The predicted octanol–water partition coefficient (Wildman–Crippen LogP) is 0.665. The number of hydrogen-bond acceptors (Lipinski definition) is 1. The molecule has 0 heterocycles. The van der Waals surface area contributed by atoms with Crippen LogP contribution in [0.25, 0.3) is 0 Å². The average Bonchev–Trinajstić information content (AvgIpc) is 0. The van der Waals surface area contributed by atoms with E-state index in [1.807, 2.05) is 0 Å². The zero-order chi connectivity index (χ0) is 0. The summed E-state index contributed by atoms with van der Waals surface area (Å²) in [5.74, 6) is 0. The molecule has 0 atom stereocenters. The molecule has 0 bridgehead atoms. The van der Waals surface area contributed by atoms with Gasteiger partial charge in [-0.2, -0.15) is 0 Å². The minimum Gasteiger partial charge on any atom is -0.344 e. The van der Waals surface area contributed by atoms with Crippen molar-refractivity contribution in [2.24, 2.45) is 0 Å². The standard InChI is InChI=1S/Al.4ClH.H3N.3H/h;4*1H;1H3;;;. The Kier molecular flexibility index (Phi) is 1610. The summed E-state index contributed by atoms with van der Waals surface area (Å²) in [5, 5.41) is 0. The van der Waals surface area contributed by atoms with E-state index in [0.717, 1.165) is 0 Å². The van der Waals surface area contributed by atoms with E-state index in [2.05, 4.69) is 0 Å². The third-order valence-corrected chi connectivity index (χ3v) is 0. The second-order valence-corrected chi connectivity index (χ2v) is 0. The van der Waals surface area contributed by atoms with Gasteiger partial charge in [0, 0.05) is 0 Å². The second kappa shape index (κ2) is 77.8. The van der Waals surface area contributed by atoms with Crippen molar-refractivity contribution in [1.29, 1.82) is 0 Å². The first-order valence-corrected chi connectivity index (χ1v) is 0. The van der Waals surface area contributed by atoms with Crippen LogP contribution in [-0.4, -0.2) is 17.4 Å². The Bertz CT molecular complexity index is 7.51. The Labute approximate surface area is 73.0 Å². The van der Waals surface area contributed by atoms with Gasteiger partial charge in [-0.15, -0.1) is 49.6 Å². The lowest BCUT2D eigenvalue weighted by Gasteiger charge is -0.344. The Morgan fingerprint density at radius 2 is 0.500 bits per heavy atom. The van der Waals surface area contributed by atoms with Crippen LogP contribution in [0.4, 0.5) is 0 Å². The second-order valence-electron chi connectivity index (χ2n) is 0. The van der Waals surface area contributed by atoms with Crippen molar-refractivity contribution >= 4 is 67.0 Å². The molecule has 0 aromatic carbocycles. The maximum absolute atomic E-state index is 0. The van der Waals surface area contributed by atoms with Gasteiger partial charge >= 0.3 is 0 Å². The molecule has 0 aliphatic rings. The van der Waals surface area contributed by atoms with Crippen molar-refractivity contribution in [3.63, 3.8) is 0 Å². The summed E-state index contributed by atoms with van der Waals surface area (Å²) >= 11 is 0. The van der Waals surface area contributed by atoms with Crippen LogP contribution in [0.2, 0.25) is 0 Å². The number of halogens is 4. The van der Waals surface area contributed by atoms with Gasteiger partial charge < -0.3 is 6.15 Å². The van der Waals surface area contributed by atoms with Crippen LogP contribution >= 0.6 is 49.6 Å². The van der Waals surface area contributed by atoms with Gasteiger partial charge in [0.2, 0.25) is 0 Å². The molecule has 6 heteroatoms. The topological polar surface area (TPSA) is 35.0 Å². The molecule has 0 aliphatic heterocycles. The fourth-order valence-electron chi connectivity index (χ4n) is 0. The number of hydrogen-bond donors (Lipinski definition) is 1. The van der Waals surface area contributed by atoms with E-state index in [1.54, 1.807) is 0 Å². The van der Waals surface area contributed by atoms with Crippen LogP contribution in [-0.2, 0) is 0 Å². The lowest BCUT2D eigenvalue weighted by molar-refractivity contribution is 2.13. The molecule has 0 saturated heterocycles. The average molecular weight is 193 g/mol. The SMILES string of the molecule is Cl.Cl.Cl.Cl.N.[AlH3]. The Morgan fingerprint density at radius 1 is 0.500 bits per heavy atom. The van der Waals surface area contributed by atoms with Gasteiger partial charge in [-0.1, -0.05) is 0 Å². The minimum atomic E-state index is 0. The molecule has 0 radical (unpaired) electrons. The van der Waals surface area contributed by atoms with Crippen LogP contribution in [0.15, 0.2) is 0 Å². The summed E-state index contributed by atoms with van der Waals surface area (Å²) in [4.78, 5) is 0. The van der Waals surface area contributed by atoms with Crippen molar-refractivity contribution < 1.29 is 0 Å². The van der Waals surface area contributed by atoms with Gasteiger partial charge in [0.25, 0.3) is 0 Å². The molecule has 0 fully saturated rings. The predicted molar refractivity (Wildman–Crippen MR) is 44.0 cm³/mol. The normalized spacial score (nSPS) is 0. The molecular weight excluding hydrogens is 183 g/mol. The van der Waals surface area contributed by atoms with E-state index in [1.165, 1.54) is 0 Å². The molecule has 0 rings (SSSR count). The molecule has 0 aromatic heterocycles. The first-order chi connectivity index (χ1) is 0. The summed E-state index contributed by atoms with van der Waals surface area (Å²) in [5.41, 5.74) is 0. The molecule has 46 valence electrons. The van der Waals surface area contributed by atoms with E-state index >= 15 is 0 Å². The zero-order valence-electron chi connectivity index (χ0n) is 2.34.